The van der Waals surface area contributed by atoms with Gasteiger partial charge in [-0.15, -0.1) is 10.2 Å². The zero-order valence-electron chi connectivity index (χ0n) is 15.1. The fourth-order valence-electron chi connectivity index (χ4n) is 3.23. The SMILES string of the molecule is CC1CN(c2cnn(-c3cc(-c4ccccc4O)nnc3N)c2)CCCO1. The van der Waals surface area contributed by atoms with Crippen LogP contribution in [0, 0.1) is 0 Å². The molecule has 1 unspecified atom stereocenters. The maximum absolute atomic E-state index is 10.1. The molecule has 2 aromatic heterocycles. The number of nitrogens with two attached hydrogens (primary N) is 1. The van der Waals surface area contributed by atoms with E-state index in [-0.39, 0.29) is 17.7 Å². The Morgan fingerprint density at radius 2 is 2.11 bits per heavy atom. The van der Waals surface area contributed by atoms with E-state index in [1.807, 2.05) is 18.5 Å². The molecule has 1 saturated heterocycles. The van der Waals surface area contributed by atoms with Crippen LogP contribution in [0.3, 0.4) is 0 Å². The summed E-state index contributed by atoms with van der Waals surface area (Å²) in [5, 5.41) is 22.7. The molecule has 0 radical (unpaired) electrons. The van der Waals surface area contributed by atoms with Gasteiger partial charge in [-0.05, 0) is 31.5 Å². The van der Waals surface area contributed by atoms with Gasteiger partial charge in [0.1, 0.15) is 11.4 Å². The first-order valence-electron chi connectivity index (χ1n) is 8.95. The molecule has 1 aromatic carbocycles. The fourth-order valence-corrected chi connectivity index (χ4v) is 3.23. The molecular weight excluding hydrogens is 344 g/mol. The summed E-state index contributed by atoms with van der Waals surface area (Å²) in [6.45, 7) is 4.59. The van der Waals surface area contributed by atoms with Crippen LogP contribution in [0.15, 0.2) is 42.7 Å². The van der Waals surface area contributed by atoms with E-state index in [1.54, 1.807) is 28.9 Å². The van der Waals surface area contributed by atoms with Crippen molar-refractivity contribution in [2.75, 3.05) is 30.3 Å². The molecule has 1 atom stereocenters. The number of hydrogen-bond donors (Lipinski definition) is 2. The number of phenols is 1. The number of hydrogen-bond acceptors (Lipinski definition) is 7. The van der Waals surface area contributed by atoms with E-state index >= 15 is 0 Å². The van der Waals surface area contributed by atoms with E-state index in [1.165, 1.54) is 0 Å². The lowest BCUT2D eigenvalue weighted by Crippen LogP contribution is -2.29. The highest BCUT2D eigenvalue weighted by Gasteiger charge is 2.18. The first kappa shape index (κ1) is 17.3. The number of ether oxygens (including phenoxy) is 1. The number of para-hydroxylation sites is 1. The van der Waals surface area contributed by atoms with Gasteiger partial charge in [0.2, 0.25) is 0 Å². The van der Waals surface area contributed by atoms with Gasteiger partial charge in [0.15, 0.2) is 5.82 Å². The lowest BCUT2D eigenvalue weighted by molar-refractivity contribution is 0.0821. The number of nitrogen functional groups attached to an aromatic ring is 1. The van der Waals surface area contributed by atoms with Crippen LogP contribution >= 0.6 is 0 Å². The molecule has 0 spiro atoms. The Kier molecular flexibility index (Phi) is 4.64. The molecule has 8 nitrogen and oxygen atoms in total. The Bertz CT molecular complexity index is 941. The fraction of sp³-hybridized carbons (Fsp3) is 0.316. The molecule has 1 fully saturated rings. The van der Waals surface area contributed by atoms with Crippen molar-refractivity contribution in [2.45, 2.75) is 19.4 Å². The third kappa shape index (κ3) is 3.56. The van der Waals surface area contributed by atoms with Crippen LogP contribution in [0.4, 0.5) is 11.5 Å². The topological polar surface area (TPSA) is 102 Å². The van der Waals surface area contributed by atoms with Crippen molar-refractivity contribution in [2.24, 2.45) is 0 Å². The zero-order valence-corrected chi connectivity index (χ0v) is 15.1. The van der Waals surface area contributed by atoms with E-state index < -0.39 is 0 Å². The van der Waals surface area contributed by atoms with Crippen LogP contribution in [-0.4, -0.2) is 50.9 Å². The Morgan fingerprint density at radius 3 is 2.96 bits per heavy atom. The molecular formula is C19H22N6O2. The van der Waals surface area contributed by atoms with E-state index in [0.717, 1.165) is 31.8 Å². The zero-order chi connectivity index (χ0) is 18.8. The third-order valence-corrected chi connectivity index (χ3v) is 4.61. The summed E-state index contributed by atoms with van der Waals surface area (Å²) in [5.74, 6) is 0.415. The predicted molar refractivity (Wildman–Crippen MR) is 103 cm³/mol. The summed E-state index contributed by atoms with van der Waals surface area (Å²) in [4.78, 5) is 2.26. The van der Waals surface area contributed by atoms with Crippen molar-refractivity contribution in [1.29, 1.82) is 0 Å². The van der Waals surface area contributed by atoms with Crippen LogP contribution in [0.25, 0.3) is 16.9 Å². The quantitative estimate of drug-likeness (QED) is 0.733. The normalized spacial score (nSPS) is 17.7. The molecule has 0 aliphatic carbocycles. The highest BCUT2D eigenvalue weighted by atomic mass is 16.5. The van der Waals surface area contributed by atoms with Crippen molar-refractivity contribution < 1.29 is 9.84 Å². The molecule has 0 bridgehead atoms. The van der Waals surface area contributed by atoms with E-state index in [9.17, 15) is 5.11 Å². The molecule has 3 N–H and O–H groups in total. The second-order valence-corrected chi connectivity index (χ2v) is 6.64. The first-order valence-corrected chi connectivity index (χ1v) is 8.95. The lowest BCUT2D eigenvalue weighted by Gasteiger charge is -2.22. The number of aromatic hydroxyl groups is 1. The number of nitrogens with zero attached hydrogens (tertiary/aromatic N) is 5. The minimum Gasteiger partial charge on any atom is -0.507 e. The molecule has 1 aliphatic rings. The average molecular weight is 366 g/mol. The summed E-state index contributed by atoms with van der Waals surface area (Å²) in [7, 11) is 0. The monoisotopic (exact) mass is 366 g/mol. The van der Waals surface area contributed by atoms with Crippen molar-refractivity contribution in [3.8, 4) is 22.7 Å². The number of benzene rings is 1. The maximum Gasteiger partial charge on any atom is 0.172 e. The second-order valence-electron chi connectivity index (χ2n) is 6.64. The summed E-state index contributed by atoms with van der Waals surface area (Å²) in [6.07, 6.45) is 4.90. The van der Waals surface area contributed by atoms with Crippen molar-refractivity contribution in [3.63, 3.8) is 0 Å². The van der Waals surface area contributed by atoms with Gasteiger partial charge in [-0.2, -0.15) is 5.10 Å². The van der Waals surface area contributed by atoms with E-state index in [2.05, 4.69) is 27.1 Å². The number of phenolic OH excluding ortho intramolecular Hbond substituents is 1. The Labute approximate surface area is 157 Å². The summed E-state index contributed by atoms with van der Waals surface area (Å²) < 4.78 is 7.40. The minimum atomic E-state index is 0.141. The van der Waals surface area contributed by atoms with E-state index in [4.69, 9.17) is 10.5 Å². The molecule has 0 amide bonds. The Hall–Kier alpha value is -3.13. The van der Waals surface area contributed by atoms with Gasteiger partial charge < -0.3 is 20.5 Å². The largest absolute Gasteiger partial charge is 0.507 e. The molecule has 3 heterocycles. The first-order chi connectivity index (χ1) is 13.1. The van der Waals surface area contributed by atoms with Crippen LogP contribution in [0.1, 0.15) is 13.3 Å². The Morgan fingerprint density at radius 1 is 1.26 bits per heavy atom. The molecule has 8 heteroatoms. The van der Waals surface area contributed by atoms with Gasteiger partial charge in [0, 0.05) is 25.3 Å². The summed E-state index contributed by atoms with van der Waals surface area (Å²) >= 11 is 0. The van der Waals surface area contributed by atoms with Gasteiger partial charge in [0.25, 0.3) is 0 Å². The average Bonchev–Trinajstić information content (AvgIpc) is 3.05. The molecule has 140 valence electrons. The predicted octanol–water partition coefficient (Wildman–Crippen LogP) is 2.23. The summed E-state index contributed by atoms with van der Waals surface area (Å²) in [6, 6.07) is 8.77. The molecule has 3 aromatic rings. The minimum absolute atomic E-state index is 0.141. The molecule has 4 rings (SSSR count). The van der Waals surface area contributed by atoms with Gasteiger partial charge in [-0.25, -0.2) is 4.68 Å². The Balaban J connectivity index is 1.67. The van der Waals surface area contributed by atoms with Crippen molar-refractivity contribution >= 4 is 11.5 Å². The van der Waals surface area contributed by atoms with E-state index in [0.29, 0.717) is 16.9 Å². The number of rotatable bonds is 3. The molecule has 1 aliphatic heterocycles. The lowest BCUT2D eigenvalue weighted by atomic mass is 10.1. The van der Waals surface area contributed by atoms with Gasteiger partial charge in [0.05, 0.1) is 29.9 Å². The standard InChI is InChI=1S/C19H22N6O2/c1-13-11-24(7-4-8-27-13)14-10-21-25(12-14)17-9-16(22-23-19(17)20)15-5-2-3-6-18(15)26/h2-3,5-6,9-10,12-13,26H,4,7-8,11H2,1H3,(H2,20,23). The van der Waals surface area contributed by atoms with Crippen LogP contribution in [-0.2, 0) is 4.74 Å². The molecule has 27 heavy (non-hydrogen) atoms. The van der Waals surface area contributed by atoms with Crippen LogP contribution in [0.5, 0.6) is 5.75 Å². The van der Waals surface area contributed by atoms with Crippen molar-refractivity contribution in [3.05, 3.63) is 42.7 Å². The van der Waals surface area contributed by atoms with Gasteiger partial charge >= 0.3 is 0 Å². The van der Waals surface area contributed by atoms with Gasteiger partial charge in [-0.3, -0.25) is 0 Å². The summed E-state index contributed by atoms with van der Waals surface area (Å²) in [5.41, 5.74) is 8.80. The third-order valence-electron chi connectivity index (χ3n) is 4.61. The molecule has 0 saturated carbocycles. The highest BCUT2D eigenvalue weighted by molar-refractivity contribution is 5.70. The highest BCUT2D eigenvalue weighted by Crippen LogP contribution is 2.29. The number of anilines is 2. The van der Waals surface area contributed by atoms with Crippen LogP contribution in [0.2, 0.25) is 0 Å². The number of aromatic nitrogens is 4. The second kappa shape index (κ2) is 7.24. The van der Waals surface area contributed by atoms with Crippen LogP contribution < -0.4 is 10.6 Å². The smallest absolute Gasteiger partial charge is 0.172 e. The van der Waals surface area contributed by atoms with Gasteiger partial charge in [-0.1, -0.05) is 12.1 Å². The maximum atomic E-state index is 10.1. The van der Waals surface area contributed by atoms with Crippen molar-refractivity contribution in [1.82, 2.24) is 20.0 Å².